The third kappa shape index (κ3) is 3.08. The van der Waals surface area contributed by atoms with E-state index in [4.69, 9.17) is 4.74 Å². The molecule has 1 aromatic carbocycles. The summed E-state index contributed by atoms with van der Waals surface area (Å²) in [6, 6.07) is 6.44. The van der Waals surface area contributed by atoms with Gasteiger partial charge in [-0.15, -0.1) is 0 Å². The summed E-state index contributed by atoms with van der Waals surface area (Å²) in [7, 11) is 1.34. The van der Waals surface area contributed by atoms with E-state index in [0.717, 1.165) is 19.3 Å². The van der Waals surface area contributed by atoms with Gasteiger partial charge < -0.3 is 14.8 Å². The Balaban J connectivity index is 1.44. The number of methoxy groups -OCH3 is 1. The number of benzene rings is 1. The van der Waals surface area contributed by atoms with Crippen LogP contribution in [0, 0.1) is 16.7 Å². The molecule has 1 aromatic rings. The maximum Gasteiger partial charge on any atom is 0.413 e. The van der Waals surface area contributed by atoms with Crippen LogP contribution in [0.4, 0.5) is 4.79 Å². The van der Waals surface area contributed by atoms with Gasteiger partial charge in [0, 0.05) is 5.54 Å². The molecule has 1 N–H and O–H groups in total. The minimum Gasteiger partial charge on any atom is -0.465 e. The number of nitrogens with one attached hydrogen (secondary N) is 1. The van der Waals surface area contributed by atoms with Gasteiger partial charge in [-0.05, 0) is 79.5 Å². The van der Waals surface area contributed by atoms with Crippen LogP contribution in [0.25, 0.3) is 0 Å². The van der Waals surface area contributed by atoms with E-state index >= 15 is 0 Å². The molecule has 5 rings (SSSR count). The Bertz CT molecular complexity index is 723. The van der Waals surface area contributed by atoms with Crippen molar-refractivity contribution in [1.82, 2.24) is 5.32 Å². The van der Waals surface area contributed by atoms with Gasteiger partial charge in [-0.1, -0.05) is 13.8 Å². The van der Waals surface area contributed by atoms with E-state index in [1.165, 1.54) is 26.4 Å². The SMILES string of the molecule is COC(=O)c1ccc(OC(=O)NC23CC4CC(C)(CC(C)(C4)C2)C3)cc1. The van der Waals surface area contributed by atoms with Crippen LogP contribution in [0.5, 0.6) is 5.75 Å². The van der Waals surface area contributed by atoms with Gasteiger partial charge in [0.05, 0.1) is 12.7 Å². The van der Waals surface area contributed by atoms with Crippen LogP contribution in [0.3, 0.4) is 0 Å². The Morgan fingerprint density at radius 2 is 1.62 bits per heavy atom. The van der Waals surface area contributed by atoms with Crippen molar-refractivity contribution in [3.63, 3.8) is 0 Å². The van der Waals surface area contributed by atoms with Crippen LogP contribution in [-0.2, 0) is 4.74 Å². The van der Waals surface area contributed by atoms with Gasteiger partial charge in [-0.3, -0.25) is 0 Å². The van der Waals surface area contributed by atoms with Crippen LogP contribution < -0.4 is 10.1 Å². The second-order valence-electron chi connectivity index (χ2n) is 9.44. The van der Waals surface area contributed by atoms with Crippen molar-refractivity contribution >= 4 is 12.1 Å². The van der Waals surface area contributed by atoms with E-state index < -0.39 is 12.1 Å². The molecule has 0 saturated heterocycles. The van der Waals surface area contributed by atoms with E-state index in [1.807, 2.05) is 0 Å². The van der Waals surface area contributed by atoms with Crippen LogP contribution in [0.2, 0.25) is 0 Å². The zero-order valence-corrected chi connectivity index (χ0v) is 15.8. The van der Waals surface area contributed by atoms with E-state index in [2.05, 4.69) is 23.9 Å². The van der Waals surface area contributed by atoms with Crippen molar-refractivity contribution in [2.45, 2.75) is 57.9 Å². The highest BCUT2D eigenvalue weighted by Crippen LogP contribution is 2.66. The third-order valence-electron chi connectivity index (χ3n) is 6.48. The molecule has 5 nitrogen and oxygen atoms in total. The lowest BCUT2D eigenvalue weighted by molar-refractivity contribution is -0.114. The van der Waals surface area contributed by atoms with Crippen molar-refractivity contribution in [2.75, 3.05) is 7.11 Å². The second kappa shape index (κ2) is 5.73. The number of ether oxygens (including phenoxy) is 2. The summed E-state index contributed by atoms with van der Waals surface area (Å²) in [4.78, 5) is 24.0. The summed E-state index contributed by atoms with van der Waals surface area (Å²) in [5, 5.41) is 3.22. The zero-order chi connectivity index (χ0) is 18.6. The highest BCUT2D eigenvalue weighted by molar-refractivity contribution is 5.89. The van der Waals surface area contributed by atoms with Gasteiger partial charge in [0.15, 0.2) is 0 Å². The number of hydrogen-bond acceptors (Lipinski definition) is 4. The van der Waals surface area contributed by atoms with Gasteiger partial charge >= 0.3 is 12.1 Å². The minimum atomic E-state index is -0.406. The van der Waals surface area contributed by atoms with Gasteiger partial charge in [0.2, 0.25) is 0 Å². The monoisotopic (exact) mass is 357 g/mol. The Hall–Kier alpha value is -2.04. The summed E-state index contributed by atoms with van der Waals surface area (Å²) in [6.07, 6.45) is 6.60. The van der Waals surface area contributed by atoms with Crippen LogP contribution in [-0.4, -0.2) is 24.7 Å². The first-order chi connectivity index (χ1) is 12.2. The zero-order valence-electron chi connectivity index (χ0n) is 15.8. The average Bonchev–Trinajstić information content (AvgIpc) is 2.50. The molecule has 2 unspecified atom stereocenters. The maximum atomic E-state index is 12.6. The molecule has 4 bridgehead atoms. The topological polar surface area (TPSA) is 64.6 Å². The lowest BCUT2D eigenvalue weighted by Crippen LogP contribution is -2.65. The summed E-state index contributed by atoms with van der Waals surface area (Å²) in [5.74, 6) is 0.731. The van der Waals surface area contributed by atoms with E-state index in [-0.39, 0.29) is 5.54 Å². The molecule has 5 heteroatoms. The predicted molar refractivity (Wildman–Crippen MR) is 97.1 cm³/mol. The van der Waals surface area contributed by atoms with Crippen LogP contribution in [0.15, 0.2) is 24.3 Å². The maximum absolute atomic E-state index is 12.6. The molecular formula is C21H27NO4. The summed E-state index contributed by atoms with van der Waals surface area (Å²) < 4.78 is 10.2. The van der Waals surface area contributed by atoms with Crippen molar-refractivity contribution in [3.8, 4) is 5.75 Å². The Kier molecular flexibility index (Phi) is 3.83. The highest BCUT2D eigenvalue weighted by Gasteiger charge is 2.60. The molecule has 4 aliphatic carbocycles. The van der Waals surface area contributed by atoms with E-state index in [0.29, 0.717) is 28.1 Å². The smallest absolute Gasteiger partial charge is 0.413 e. The van der Waals surface area contributed by atoms with Gasteiger partial charge in [-0.2, -0.15) is 0 Å². The number of carbonyl (C=O) groups excluding carboxylic acids is 2. The fourth-order valence-corrected chi connectivity index (χ4v) is 6.71. The number of carbonyl (C=O) groups is 2. The molecule has 2 atom stereocenters. The first kappa shape index (κ1) is 17.4. The molecule has 140 valence electrons. The molecule has 0 aliphatic heterocycles. The summed E-state index contributed by atoms with van der Waals surface area (Å²) in [5.41, 5.74) is 0.973. The predicted octanol–water partition coefficient (Wildman–Crippen LogP) is 4.31. The largest absolute Gasteiger partial charge is 0.465 e. The first-order valence-electron chi connectivity index (χ1n) is 9.41. The fourth-order valence-electron chi connectivity index (χ4n) is 6.71. The average molecular weight is 357 g/mol. The molecule has 4 fully saturated rings. The quantitative estimate of drug-likeness (QED) is 0.819. The van der Waals surface area contributed by atoms with Gasteiger partial charge in [0.25, 0.3) is 0 Å². The standard InChI is InChI=1S/C21H27NO4/c1-19-8-14-9-20(2,11-19)13-21(10-14,12-19)22-18(24)26-16-6-4-15(5-7-16)17(23)25-3/h4-7,14H,8-13H2,1-3H3,(H,22,24). The molecule has 4 aliphatic rings. The third-order valence-corrected chi connectivity index (χ3v) is 6.48. The van der Waals surface area contributed by atoms with Crippen LogP contribution >= 0.6 is 0 Å². The molecule has 1 amide bonds. The number of rotatable bonds is 3. The first-order valence-corrected chi connectivity index (χ1v) is 9.41. The van der Waals surface area contributed by atoms with Gasteiger partial charge in [0.1, 0.15) is 5.75 Å². The van der Waals surface area contributed by atoms with Crippen molar-refractivity contribution in [3.05, 3.63) is 29.8 Å². The lowest BCUT2D eigenvalue weighted by Gasteiger charge is -2.65. The fraction of sp³-hybridized carbons (Fsp3) is 0.619. The molecule has 0 spiro atoms. The number of esters is 1. The van der Waals surface area contributed by atoms with Gasteiger partial charge in [-0.25, -0.2) is 9.59 Å². The molecule has 4 saturated carbocycles. The van der Waals surface area contributed by atoms with E-state index in [9.17, 15) is 9.59 Å². The highest BCUT2D eigenvalue weighted by atomic mass is 16.6. The minimum absolute atomic E-state index is 0.133. The molecular weight excluding hydrogens is 330 g/mol. The van der Waals surface area contributed by atoms with E-state index in [1.54, 1.807) is 24.3 Å². The number of hydrogen-bond donors (Lipinski definition) is 1. The normalized spacial score (nSPS) is 37.3. The van der Waals surface area contributed by atoms with Crippen molar-refractivity contribution in [2.24, 2.45) is 16.7 Å². The molecule has 0 heterocycles. The Morgan fingerprint density at radius 1 is 1.00 bits per heavy atom. The summed E-state index contributed by atoms with van der Waals surface area (Å²) >= 11 is 0. The lowest BCUT2D eigenvalue weighted by atomic mass is 9.43. The van der Waals surface area contributed by atoms with Crippen molar-refractivity contribution < 1.29 is 19.1 Å². The second-order valence-corrected chi connectivity index (χ2v) is 9.44. The molecule has 26 heavy (non-hydrogen) atoms. The number of amides is 1. The Labute approximate surface area is 154 Å². The molecule has 0 aromatic heterocycles. The van der Waals surface area contributed by atoms with Crippen molar-refractivity contribution in [1.29, 1.82) is 0 Å². The molecule has 0 radical (unpaired) electrons. The summed E-state index contributed by atoms with van der Waals surface area (Å²) in [6.45, 7) is 4.76. The Morgan fingerprint density at radius 3 is 2.15 bits per heavy atom. The van der Waals surface area contributed by atoms with Crippen LogP contribution in [0.1, 0.15) is 62.7 Å².